The van der Waals surface area contributed by atoms with E-state index in [-0.39, 0.29) is 11.1 Å². The molecule has 0 aliphatic rings. The summed E-state index contributed by atoms with van der Waals surface area (Å²) in [7, 11) is 0. The number of carbonyl (C=O) groups is 1. The Hall–Kier alpha value is -2.38. The average molecular weight is 272 g/mol. The van der Waals surface area contributed by atoms with Crippen molar-refractivity contribution in [2.24, 2.45) is 0 Å². The molecule has 1 aromatic heterocycles. The van der Waals surface area contributed by atoms with Crippen molar-refractivity contribution < 1.29 is 4.79 Å². The summed E-state index contributed by atoms with van der Waals surface area (Å²) >= 11 is 5.77. The Morgan fingerprint density at radius 2 is 2.00 bits per heavy atom. The van der Waals surface area contributed by atoms with Crippen molar-refractivity contribution in [3.8, 4) is 11.8 Å². The van der Waals surface area contributed by atoms with Gasteiger partial charge in [-0.15, -0.1) is 0 Å². The summed E-state index contributed by atoms with van der Waals surface area (Å²) in [5.41, 5.74) is 1.44. The van der Waals surface area contributed by atoms with Crippen molar-refractivity contribution in [3.05, 3.63) is 52.8 Å². The van der Waals surface area contributed by atoms with Crippen molar-refractivity contribution in [3.63, 3.8) is 0 Å². The quantitative estimate of drug-likeness (QED) is 0.640. The first-order valence-electron chi connectivity index (χ1n) is 5.53. The fourth-order valence-corrected chi connectivity index (χ4v) is 1.61. The molecule has 0 radical (unpaired) electrons. The minimum absolute atomic E-state index is 0.150. The van der Waals surface area contributed by atoms with Crippen LogP contribution in [0.4, 0.5) is 5.95 Å². The van der Waals surface area contributed by atoms with Crippen molar-refractivity contribution in [1.82, 2.24) is 9.97 Å². The molecule has 2 aromatic rings. The second-order valence-electron chi connectivity index (χ2n) is 3.73. The summed E-state index contributed by atoms with van der Waals surface area (Å²) in [6, 6.07) is 10.8. The van der Waals surface area contributed by atoms with Gasteiger partial charge in [-0.25, -0.2) is 9.97 Å². The fraction of sp³-hybridized carbons (Fsp3) is 0.0714. The zero-order valence-electron chi connectivity index (χ0n) is 10.1. The first-order chi connectivity index (χ1) is 9.13. The molecule has 1 N–H and O–H groups in total. The first-order valence-corrected chi connectivity index (χ1v) is 5.90. The highest BCUT2D eigenvalue weighted by molar-refractivity contribution is 6.29. The minimum atomic E-state index is -0.481. The van der Waals surface area contributed by atoms with Crippen molar-refractivity contribution in [2.45, 2.75) is 6.92 Å². The van der Waals surface area contributed by atoms with E-state index in [0.29, 0.717) is 5.69 Å². The topological polar surface area (TPSA) is 54.9 Å². The van der Waals surface area contributed by atoms with E-state index >= 15 is 0 Å². The van der Waals surface area contributed by atoms with Gasteiger partial charge in [0.1, 0.15) is 5.15 Å². The van der Waals surface area contributed by atoms with Crippen molar-refractivity contribution in [1.29, 1.82) is 0 Å². The molecule has 0 aliphatic carbocycles. The van der Waals surface area contributed by atoms with Crippen LogP contribution in [0.5, 0.6) is 0 Å². The SMILES string of the molecule is Cc1cc(Cl)nc(NC(=O)C#Cc2ccccc2)n1. The minimum Gasteiger partial charge on any atom is -0.283 e. The van der Waals surface area contributed by atoms with Crippen LogP contribution in [0, 0.1) is 18.8 Å². The van der Waals surface area contributed by atoms with Crippen LogP contribution in [0.25, 0.3) is 0 Å². The molecule has 0 spiro atoms. The number of nitrogens with zero attached hydrogens (tertiary/aromatic N) is 2. The van der Waals surface area contributed by atoms with E-state index in [9.17, 15) is 4.79 Å². The fourth-order valence-electron chi connectivity index (χ4n) is 1.37. The maximum Gasteiger partial charge on any atom is 0.303 e. The molecule has 1 heterocycles. The standard InChI is InChI=1S/C14H10ClN3O/c1-10-9-12(15)17-14(16-10)18-13(19)8-7-11-5-3-2-4-6-11/h2-6,9H,1H3,(H,16,17,18,19). The van der Waals surface area contributed by atoms with E-state index in [0.717, 1.165) is 5.56 Å². The molecule has 0 saturated heterocycles. The summed E-state index contributed by atoms with van der Waals surface area (Å²) < 4.78 is 0. The molecule has 19 heavy (non-hydrogen) atoms. The number of aryl methyl sites for hydroxylation is 1. The van der Waals surface area contributed by atoms with Crippen LogP contribution in [0.2, 0.25) is 5.15 Å². The lowest BCUT2D eigenvalue weighted by Gasteiger charge is -2.00. The van der Waals surface area contributed by atoms with Crippen LogP contribution in [-0.4, -0.2) is 15.9 Å². The summed E-state index contributed by atoms with van der Waals surface area (Å²) in [6.45, 7) is 1.76. The highest BCUT2D eigenvalue weighted by Gasteiger charge is 2.03. The molecular formula is C14H10ClN3O. The number of nitrogens with one attached hydrogen (secondary N) is 1. The summed E-state index contributed by atoms with van der Waals surface area (Å²) in [5.74, 6) is 4.88. The molecule has 4 nitrogen and oxygen atoms in total. The molecule has 1 aromatic carbocycles. The lowest BCUT2D eigenvalue weighted by atomic mass is 10.2. The number of anilines is 1. The number of carbonyl (C=O) groups excluding carboxylic acids is 1. The summed E-state index contributed by atoms with van der Waals surface area (Å²) in [6.07, 6.45) is 0. The monoisotopic (exact) mass is 271 g/mol. The molecule has 0 atom stereocenters. The Kier molecular flexibility index (Phi) is 4.11. The number of hydrogen-bond donors (Lipinski definition) is 1. The smallest absolute Gasteiger partial charge is 0.283 e. The van der Waals surface area contributed by atoms with Gasteiger partial charge in [-0.05, 0) is 25.1 Å². The molecule has 0 unspecified atom stereocenters. The average Bonchev–Trinajstić information content (AvgIpc) is 2.36. The Balaban J connectivity index is 2.08. The molecule has 0 fully saturated rings. The second-order valence-corrected chi connectivity index (χ2v) is 4.11. The lowest BCUT2D eigenvalue weighted by Crippen LogP contribution is -2.12. The zero-order valence-corrected chi connectivity index (χ0v) is 10.9. The number of hydrogen-bond acceptors (Lipinski definition) is 3. The molecule has 0 saturated carbocycles. The van der Waals surface area contributed by atoms with E-state index in [1.807, 2.05) is 30.3 Å². The van der Waals surface area contributed by atoms with Gasteiger partial charge in [0.2, 0.25) is 5.95 Å². The second kappa shape index (κ2) is 5.98. The van der Waals surface area contributed by atoms with E-state index < -0.39 is 5.91 Å². The van der Waals surface area contributed by atoms with Crippen LogP contribution in [-0.2, 0) is 4.79 Å². The lowest BCUT2D eigenvalue weighted by molar-refractivity contribution is -0.111. The molecular weight excluding hydrogens is 262 g/mol. The van der Waals surface area contributed by atoms with Gasteiger partial charge in [0.25, 0.3) is 0 Å². The zero-order chi connectivity index (χ0) is 13.7. The number of benzene rings is 1. The maximum atomic E-state index is 11.6. The summed E-state index contributed by atoms with van der Waals surface area (Å²) in [4.78, 5) is 19.5. The third-order valence-electron chi connectivity index (χ3n) is 2.14. The maximum absolute atomic E-state index is 11.6. The van der Waals surface area contributed by atoms with Gasteiger partial charge in [-0.3, -0.25) is 10.1 Å². The van der Waals surface area contributed by atoms with Gasteiger partial charge in [-0.2, -0.15) is 0 Å². The van der Waals surface area contributed by atoms with E-state index in [2.05, 4.69) is 27.1 Å². The van der Waals surface area contributed by atoms with Crippen molar-refractivity contribution in [2.75, 3.05) is 5.32 Å². The van der Waals surface area contributed by atoms with Gasteiger partial charge >= 0.3 is 5.91 Å². The highest BCUT2D eigenvalue weighted by Crippen LogP contribution is 2.09. The third-order valence-corrected chi connectivity index (χ3v) is 2.34. The third kappa shape index (κ3) is 4.09. The Morgan fingerprint density at radius 1 is 1.26 bits per heavy atom. The Bertz CT molecular complexity index is 639. The van der Waals surface area contributed by atoms with Crippen LogP contribution in [0.1, 0.15) is 11.3 Å². The van der Waals surface area contributed by atoms with Gasteiger partial charge in [0.05, 0.1) is 0 Å². The molecule has 0 aliphatic heterocycles. The molecule has 0 bridgehead atoms. The number of rotatable bonds is 1. The van der Waals surface area contributed by atoms with Gasteiger partial charge in [-0.1, -0.05) is 35.7 Å². The highest BCUT2D eigenvalue weighted by atomic mass is 35.5. The van der Waals surface area contributed by atoms with E-state index in [1.54, 1.807) is 13.0 Å². The number of amides is 1. The van der Waals surface area contributed by atoms with Crippen LogP contribution < -0.4 is 5.32 Å². The Morgan fingerprint density at radius 3 is 2.68 bits per heavy atom. The molecule has 94 valence electrons. The molecule has 2 rings (SSSR count). The van der Waals surface area contributed by atoms with Gasteiger partial charge in [0.15, 0.2) is 0 Å². The van der Waals surface area contributed by atoms with Gasteiger partial charge < -0.3 is 0 Å². The normalized spacial score (nSPS) is 9.37. The molecule has 5 heteroatoms. The van der Waals surface area contributed by atoms with E-state index in [4.69, 9.17) is 11.6 Å². The predicted octanol–water partition coefficient (Wildman–Crippen LogP) is 2.43. The number of halogens is 1. The Labute approximate surface area is 115 Å². The van der Waals surface area contributed by atoms with Crippen LogP contribution >= 0.6 is 11.6 Å². The van der Waals surface area contributed by atoms with Crippen molar-refractivity contribution >= 4 is 23.5 Å². The first kappa shape index (κ1) is 13.1. The van der Waals surface area contributed by atoms with Crippen LogP contribution in [0.3, 0.4) is 0 Å². The summed E-state index contributed by atoms with van der Waals surface area (Å²) in [5, 5.41) is 2.75. The van der Waals surface area contributed by atoms with Crippen LogP contribution in [0.15, 0.2) is 36.4 Å². The predicted molar refractivity (Wildman–Crippen MR) is 73.7 cm³/mol. The largest absolute Gasteiger partial charge is 0.303 e. The molecule has 1 amide bonds. The van der Waals surface area contributed by atoms with Gasteiger partial charge in [0, 0.05) is 17.2 Å². The van der Waals surface area contributed by atoms with E-state index in [1.165, 1.54) is 0 Å². The number of aromatic nitrogens is 2.